The lowest BCUT2D eigenvalue weighted by atomic mass is 9.88. The number of hydrogen-bond acceptors (Lipinski definition) is 8. The van der Waals surface area contributed by atoms with E-state index in [1.54, 1.807) is 13.0 Å². The van der Waals surface area contributed by atoms with Crippen LogP contribution in [0.25, 0.3) is 0 Å². The van der Waals surface area contributed by atoms with Crippen molar-refractivity contribution in [3.8, 4) is 0 Å². The Morgan fingerprint density at radius 3 is 2.51 bits per heavy atom. The molecule has 1 N–H and O–H groups in total. The molecule has 9 nitrogen and oxygen atoms in total. The quantitative estimate of drug-likeness (QED) is 0.302. The van der Waals surface area contributed by atoms with Crippen molar-refractivity contribution < 1.29 is 33.4 Å². The number of imide groups is 1. The molecule has 1 aliphatic heterocycles. The van der Waals surface area contributed by atoms with Gasteiger partial charge in [-0.25, -0.2) is 14.5 Å². The van der Waals surface area contributed by atoms with Gasteiger partial charge in [0, 0.05) is 4.88 Å². The van der Waals surface area contributed by atoms with E-state index in [-0.39, 0.29) is 23.3 Å². The first kappa shape index (κ1) is 28.2. The van der Waals surface area contributed by atoms with Gasteiger partial charge in [0.05, 0.1) is 34.5 Å². The van der Waals surface area contributed by atoms with E-state index >= 15 is 0 Å². The van der Waals surface area contributed by atoms with Crippen molar-refractivity contribution in [2.24, 2.45) is 5.92 Å². The van der Waals surface area contributed by atoms with Gasteiger partial charge in [0.25, 0.3) is 17.7 Å². The van der Waals surface area contributed by atoms with Gasteiger partial charge in [0.15, 0.2) is 6.61 Å². The smallest absolute Gasteiger partial charge is 0.341 e. The van der Waals surface area contributed by atoms with Crippen molar-refractivity contribution in [3.63, 3.8) is 0 Å². The summed E-state index contributed by atoms with van der Waals surface area (Å²) in [7, 11) is 0. The highest BCUT2D eigenvalue weighted by Gasteiger charge is 2.38. The summed E-state index contributed by atoms with van der Waals surface area (Å²) >= 11 is 1.35. The lowest BCUT2D eigenvalue weighted by molar-refractivity contribution is -0.119. The Bertz CT molecular complexity index is 1610. The third-order valence-electron chi connectivity index (χ3n) is 7.31. The maximum Gasteiger partial charge on any atom is 0.341 e. The molecule has 1 atom stereocenters. The van der Waals surface area contributed by atoms with Crippen molar-refractivity contribution in [1.82, 2.24) is 0 Å². The zero-order chi connectivity index (χ0) is 29.4. The molecule has 10 heteroatoms. The minimum Gasteiger partial charge on any atom is -0.462 e. The van der Waals surface area contributed by atoms with Crippen LogP contribution >= 0.6 is 11.3 Å². The van der Waals surface area contributed by atoms with E-state index in [1.165, 1.54) is 29.5 Å². The van der Waals surface area contributed by atoms with E-state index in [1.807, 2.05) is 26.0 Å². The Morgan fingerprint density at radius 1 is 1.00 bits per heavy atom. The molecule has 212 valence electrons. The summed E-state index contributed by atoms with van der Waals surface area (Å²) < 4.78 is 10.5. The van der Waals surface area contributed by atoms with E-state index in [0.717, 1.165) is 45.7 Å². The second-order valence-corrected chi connectivity index (χ2v) is 11.5. The number of amides is 3. The number of ether oxygens (including phenoxy) is 2. The number of aryl methyl sites for hydroxylation is 2. The molecule has 3 aromatic rings. The number of thiophene rings is 1. The zero-order valence-electron chi connectivity index (χ0n) is 23.3. The van der Waals surface area contributed by atoms with E-state index < -0.39 is 36.3 Å². The second-order valence-electron chi connectivity index (χ2n) is 10.4. The van der Waals surface area contributed by atoms with E-state index in [0.29, 0.717) is 22.2 Å². The SMILES string of the molecule is CCOC(=O)c1c(NC(=O)COC(=O)c2ccc3c(c2)C(=O)N(c2cc(C)ccc2C)C3=O)sc2c1CCC(C)C2. The average molecular weight is 575 g/mol. The Kier molecular flexibility index (Phi) is 7.77. The number of esters is 2. The standard InChI is InChI=1S/C31H30N2O7S/c1-5-39-31(38)26-21-10-7-17(3)13-24(21)41-27(26)32-25(34)15-40-30(37)19-9-11-20-22(14-19)29(36)33(28(20)35)23-12-16(2)6-8-18(23)4/h6,8-9,11-12,14,17H,5,7,10,13,15H2,1-4H3,(H,32,34). The number of carbonyl (C=O) groups excluding carboxylic acids is 5. The van der Waals surface area contributed by atoms with Crippen LogP contribution in [0.15, 0.2) is 36.4 Å². The van der Waals surface area contributed by atoms with Gasteiger partial charge in [0.1, 0.15) is 5.00 Å². The number of carbonyl (C=O) groups is 5. The maximum absolute atomic E-state index is 13.2. The molecule has 5 rings (SSSR count). The molecule has 0 bridgehead atoms. The average Bonchev–Trinajstić information content (AvgIpc) is 3.41. The van der Waals surface area contributed by atoms with Gasteiger partial charge >= 0.3 is 11.9 Å². The molecule has 0 saturated carbocycles. The number of rotatable bonds is 7. The Hall–Kier alpha value is -4.31. The van der Waals surface area contributed by atoms with Crippen LogP contribution in [0.3, 0.4) is 0 Å². The van der Waals surface area contributed by atoms with Gasteiger partial charge in [-0.3, -0.25) is 14.4 Å². The van der Waals surface area contributed by atoms with Gasteiger partial charge in [0.2, 0.25) is 0 Å². The largest absolute Gasteiger partial charge is 0.462 e. The predicted octanol–water partition coefficient (Wildman–Crippen LogP) is 5.26. The van der Waals surface area contributed by atoms with E-state index in [2.05, 4.69) is 12.2 Å². The van der Waals surface area contributed by atoms with Crippen LogP contribution in [0.4, 0.5) is 10.7 Å². The van der Waals surface area contributed by atoms with Crippen LogP contribution in [0, 0.1) is 19.8 Å². The highest BCUT2D eigenvalue weighted by atomic mass is 32.1. The fourth-order valence-electron chi connectivity index (χ4n) is 5.18. The molecule has 1 aromatic heterocycles. The molecule has 1 unspecified atom stereocenters. The van der Waals surface area contributed by atoms with Gasteiger partial charge in [-0.1, -0.05) is 19.1 Å². The lowest BCUT2D eigenvalue weighted by Gasteiger charge is -2.18. The number of nitrogens with zero attached hydrogens (tertiary/aromatic N) is 1. The molecule has 0 radical (unpaired) electrons. The van der Waals surface area contributed by atoms with Gasteiger partial charge < -0.3 is 14.8 Å². The summed E-state index contributed by atoms with van der Waals surface area (Å²) in [5.74, 6) is -2.44. The van der Waals surface area contributed by atoms with Crippen molar-refractivity contribution in [1.29, 1.82) is 0 Å². The maximum atomic E-state index is 13.2. The summed E-state index contributed by atoms with van der Waals surface area (Å²) in [4.78, 5) is 66.7. The Morgan fingerprint density at radius 2 is 1.76 bits per heavy atom. The topological polar surface area (TPSA) is 119 Å². The second kappa shape index (κ2) is 11.3. The third kappa shape index (κ3) is 5.39. The minimum atomic E-state index is -0.821. The summed E-state index contributed by atoms with van der Waals surface area (Å²) in [5.41, 5.74) is 3.75. The van der Waals surface area contributed by atoms with Gasteiger partial charge in [-0.05, 0) is 86.9 Å². The van der Waals surface area contributed by atoms with Crippen molar-refractivity contribution in [2.45, 2.75) is 47.0 Å². The van der Waals surface area contributed by atoms with E-state index in [4.69, 9.17) is 9.47 Å². The molecule has 2 aliphatic rings. The molecule has 0 fully saturated rings. The van der Waals surface area contributed by atoms with Gasteiger partial charge in [-0.15, -0.1) is 11.3 Å². The highest BCUT2D eigenvalue weighted by Crippen LogP contribution is 2.40. The highest BCUT2D eigenvalue weighted by molar-refractivity contribution is 7.17. The Balaban J connectivity index is 1.28. The van der Waals surface area contributed by atoms with Crippen LogP contribution in [0.2, 0.25) is 0 Å². The van der Waals surface area contributed by atoms with Gasteiger partial charge in [-0.2, -0.15) is 0 Å². The summed E-state index contributed by atoms with van der Waals surface area (Å²) in [6, 6.07) is 9.62. The number of nitrogens with one attached hydrogen (secondary N) is 1. The number of anilines is 2. The van der Waals surface area contributed by atoms with Crippen LogP contribution in [-0.4, -0.2) is 42.9 Å². The number of hydrogen-bond donors (Lipinski definition) is 1. The molecule has 1 aliphatic carbocycles. The first-order valence-electron chi connectivity index (χ1n) is 13.5. The Labute approximate surface area is 241 Å². The molecule has 0 spiro atoms. The summed E-state index contributed by atoms with van der Waals surface area (Å²) in [6.07, 6.45) is 2.49. The van der Waals surface area contributed by atoms with E-state index in [9.17, 15) is 24.0 Å². The van der Waals surface area contributed by atoms with Crippen LogP contribution in [0.5, 0.6) is 0 Å². The third-order valence-corrected chi connectivity index (χ3v) is 8.48. The lowest BCUT2D eigenvalue weighted by Crippen LogP contribution is -2.30. The molecule has 3 amide bonds. The molecular formula is C31H30N2O7S. The molecular weight excluding hydrogens is 544 g/mol. The summed E-state index contributed by atoms with van der Waals surface area (Å²) in [5, 5.41) is 3.10. The first-order chi connectivity index (χ1) is 19.6. The fraction of sp³-hybridized carbons (Fsp3) is 0.323. The van der Waals surface area contributed by atoms with Crippen molar-refractivity contribution in [3.05, 3.63) is 80.2 Å². The summed E-state index contributed by atoms with van der Waals surface area (Å²) in [6.45, 7) is 7.17. The monoisotopic (exact) mass is 574 g/mol. The molecule has 2 aromatic carbocycles. The number of benzene rings is 2. The van der Waals surface area contributed by atoms with Crippen molar-refractivity contribution in [2.75, 3.05) is 23.4 Å². The predicted molar refractivity (Wildman–Crippen MR) is 154 cm³/mol. The van der Waals surface area contributed by atoms with Crippen LogP contribution in [0.1, 0.15) is 83.3 Å². The number of fused-ring (bicyclic) bond motifs is 2. The molecule has 41 heavy (non-hydrogen) atoms. The molecule has 2 heterocycles. The molecule has 0 saturated heterocycles. The van der Waals surface area contributed by atoms with Crippen molar-refractivity contribution >= 4 is 51.7 Å². The van der Waals surface area contributed by atoms with Crippen LogP contribution in [-0.2, 0) is 27.1 Å². The van der Waals surface area contributed by atoms with Crippen LogP contribution < -0.4 is 10.2 Å². The zero-order valence-corrected chi connectivity index (χ0v) is 24.1. The normalized spacial score (nSPS) is 15.8. The first-order valence-corrected chi connectivity index (χ1v) is 14.3. The fourth-order valence-corrected chi connectivity index (χ4v) is 6.60. The minimum absolute atomic E-state index is 0.0355.